The zero-order valence-corrected chi connectivity index (χ0v) is 27.1. The van der Waals surface area contributed by atoms with Crippen LogP contribution in [0.1, 0.15) is 0 Å². The third-order valence-electron chi connectivity index (χ3n) is 9.82. The summed E-state index contributed by atoms with van der Waals surface area (Å²) in [5.41, 5.74) is 7.78. The van der Waals surface area contributed by atoms with Crippen LogP contribution in [0.25, 0.3) is 99.2 Å². The van der Waals surface area contributed by atoms with E-state index in [1.54, 1.807) is 0 Å². The van der Waals surface area contributed by atoms with Crippen molar-refractivity contribution in [1.82, 2.24) is 15.0 Å². The van der Waals surface area contributed by atoms with Gasteiger partial charge in [-0.15, -0.1) is 0 Å². The van der Waals surface area contributed by atoms with Crippen molar-refractivity contribution in [3.05, 3.63) is 176 Å². The number of hydrogen-bond donors (Lipinski definition) is 0. The minimum atomic E-state index is 0.679. The summed E-state index contributed by atoms with van der Waals surface area (Å²) in [5, 5.41) is 10.9. The van der Waals surface area contributed by atoms with Crippen molar-refractivity contribution in [1.29, 1.82) is 0 Å². The van der Waals surface area contributed by atoms with Gasteiger partial charge < -0.3 is 0 Å². The lowest BCUT2D eigenvalue weighted by Gasteiger charge is -2.18. The molecule has 0 fully saturated rings. The van der Waals surface area contributed by atoms with Crippen molar-refractivity contribution >= 4 is 54.0 Å². The van der Waals surface area contributed by atoms with Gasteiger partial charge >= 0.3 is 0 Å². The highest BCUT2D eigenvalue weighted by Gasteiger charge is 2.20. The number of pyridine rings is 1. The van der Waals surface area contributed by atoms with Crippen LogP contribution in [0, 0.1) is 0 Å². The predicted octanol–water partition coefficient (Wildman–Crippen LogP) is 12.3. The van der Waals surface area contributed by atoms with Crippen molar-refractivity contribution in [2.45, 2.75) is 0 Å². The van der Waals surface area contributed by atoms with E-state index < -0.39 is 0 Å². The van der Waals surface area contributed by atoms with Gasteiger partial charge in [0.1, 0.15) is 0 Å². The SMILES string of the molecule is c1ccc(-c2cc(-c3ccccc3)nc(-c3cccc(-c4nc5ccc6ccccc6c5c5c6ccccc6c6ccccc6c45)c3)n2)cc1. The van der Waals surface area contributed by atoms with Crippen LogP contribution in [0.4, 0.5) is 0 Å². The minimum absolute atomic E-state index is 0.679. The topological polar surface area (TPSA) is 38.7 Å². The second-order valence-electron chi connectivity index (χ2n) is 12.8. The van der Waals surface area contributed by atoms with E-state index in [1.165, 1.54) is 43.1 Å². The third-order valence-corrected chi connectivity index (χ3v) is 9.82. The van der Waals surface area contributed by atoms with E-state index in [-0.39, 0.29) is 0 Å². The Morgan fingerprint density at radius 2 is 0.820 bits per heavy atom. The molecule has 0 N–H and O–H groups in total. The van der Waals surface area contributed by atoms with E-state index in [9.17, 15) is 0 Å². The molecule has 232 valence electrons. The van der Waals surface area contributed by atoms with Crippen molar-refractivity contribution in [2.24, 2.45) is 0 Å². The molecular weight excluding hydrogens is 607 g/mol. The second-order valence-corrected chi connectivity index (χ2v) is 12.8. The van der Waals surface area contributed by atoms with Crippen LogP contribution < -0.4 is 0 Å². The smallest absolute Gasteiger partial charge is 0.160 e. The normalized spacial score (nSPS) is 11.6. The molecule has 10 aromatic rings. The molecule has 10 rings (SSSR count). The van der Waals surface area contributed by atoms with Gasteiger partial charge in [0.15, 0.2) is 5.82 Å². The molecule has 0 aliphatic rings. The van der Waals surface area contributed by atoms with Crippen LogP contribution in [-0.2, 0) is 0 Å². The molecule has 0 aliphatic heterocycles. The van der Waals surface area contributed by atoms with Crippen LogP contribution in [0.15, 0.2) is 176 Å². The summed E-state index contributed by atoms with van der Waals surface area (Å²) in [5.74, 6) is 0.679. The fraction of sp³-hybridized carbons (Fsp3) is 0. The molecule has 0 saturated heterocycles. The summed E-state index contributed by atoms with van der Waals surface area (Å²) in [6, 6.07) is 61.9. The average molecular weight is 636 g/mol. The first kappa shape index (κ1) is 28.3. The van der Waals surface area contributed by atoms with Crippen LogP contribution in [0.2, 0.25) is 0 Å². The molecule has 2 heterocycles. The first-order chi connectivity index (χ1) is 24.8. The fourth-order valence-electron chi connectivity index (χ4n) is 7.54. The molecule has 0 radical (unpaired) electrons. The number of rotatable bonds is 4. The molecule has 3 nitrogen and oxygen atoms in total. The Hall–Kier alpha value is -6.71. The lowest BCUT2D eigenvalue weighted by molar-refractivity contribution is 1.18. The second kappa shape index (κ2) is 11.5. The summed E-state index contributed by atoms with van der Waals surface area (Å²) in [7, 11) is 0. The van der Waals surface area contributed by atoms with Gasteiger partial charge in [-0.05, 0) is 50.5 Å². The molecule has 0 aliphatic carbocycles. The molecule has 0 atom stereocenters. The van der Waals surface area contributed by atoms with Crippen LogP contribution in [-0.4, -0.2) is 15.0 Å². The van der Waals surface area contributed by atoms with Crippen molar-refractivity contribution in [3.63, 3.8) is 0 Å². The summed E-state index contributed by atoms with van der Waals surface area (Å²) < 4.78 is 0. The molecule has 8 aromatic carbocycles. The summed E-state index contributed by atoms with van der Waals surface area (Å²) in [4.78, 5) is 15.8. The number of aromatic nitrogens is 3. The Labute approximate surface area is 289 Å². The van der Waals surface area contributed by atoms with Crippen molar-refractivity contribution in [2.75, 3.05) is 0 Å². The van der Waals surface area contributed by atoms with Gasteiger partial charge in [0.05, 0.1) is 22.6 Å². The van der Waals surface area contributed by atoms with Gasteiger partial charge in [-0.1, -0.05) is 158 Å². The van der Waals surface area contributed by atoms with E-state index >= 15 is 0 Å². The number of fused-ring (bicyclic) bond motifs is 10. The molecule has 0 amide bonds. The Morgan fingerprint density at radius 1 is 0.300 bits per heavy atom. The maximum Gasteiger partial charge on any atom is 0.160 e. The van der Waals surface area contributed by atoms with Crippen LogP contribution >= 0.6 is 0 Å². The molecule has 0 bridgehead atoms. The molecule has 50 heavy (non-hydrogen) atoms. The van der Waals surface area contributed by atoms with E-state index in [4.69, 9.17) is 15.0 Å². The predicted molar refractivity (Wildman–Crippen MR) is 209 cm³/mol. The Morgan fingerprint density at radius 3 is 1.48 bits per heavy atom. The maximum absolute atomic E-state index is 5.50. The van der Waals surface area contributed by atoms with E-state index in [2.05, 4.69) is 140 Å². The Balaban J connectivity index is 1.28. The minimum Gasteiger partial charge on any atom is -0.247 e. The lowest BCUT2D eigenvalue weighted by atomic mass is 9.88. The monoisotopic (exact) mass is 635 g/mol. The zero-order chi connectivity index (χ0) is 33.0. The van der Waals surface area contributed by atoms with Gasteiger partial charge in [-0.2, -0.15) is 0 Å². The zero-order valence-electron chi connectivity index (χ0n) is 27.1. The number of nitrogens with zero attached hydrogens (tertiary/aromatic N) is 3. The molecule has 2 aromatic heterocycles. The molecular formula is C47H29N3. The number of hydrogen-bond acceptors (Lipinski definition) is 3. The van der Waals surface area contributed by atoms with E-state index in [1.807, 2.05) is 36.4 Å². The highest BCUT2D eigenvalue weighted by molar-refractivity contribution is 6.36. The largest absolute Gasteiger partial charge is 0.247 e. The van der Waals surface area contributed by atoms with Crippen LogP contribution in [0.3, 0.4) is 0 Å². The summed E-state index contributed by atoms with van der Waals surface area (Å²) >= 11 is 0. The van der Waals surface area contributed by atoms with Gasteiger partial charge in [0.2, 0.25) is 0 Å². The molecule has 0 unspecified atom stereocenters. The van der Waals surface area contributed by atoms with Crippen molar-refractivity contribution < 1.29 is 0 Å². The highest BCUT2D eigenvalue weighted by atomic mass is 14.9. The quantitative estimate of drug-likeness (QED) is 0.181. The van der Waals surface area contributed by atoms with Gasteiger partial charge in [0, 0.05) is 38.4 Å². The maximum atomic E-state index is 5.50. The molecule has 3 heteroatoms. The number of benzene rings is 8. The Kier molecular flexibility index (Phi) is 6.49. The van der Waals surface area contributed by atoms with Gasteiger partial charge in [0.25, 0.3) is 0 Å². The molecule has 0 saturated carbocycles. The summed E-state index contributed by atoms with van der Waals surface area (Å²) in [6.45, 7) is 0. The van der Waals surface area contributed by atoms with Gasteiger partial charge in [-0.3, -0.25) is 0 Å². The third kappa shape index (κ3) is 4.56. The Bertz CT molecular complexity index is 2850. The highest BCUT2D eigenvalue weighted by Crippen LogP contribution is 2.44. The first-order valence-corrected chi connectivity index (χ1v) is 17.0. The van der Waals surface area contributed by atoms with Gasteiger partial charge in [-0.25, -0.2) is 15.0 Å². The lowest BCUT2D eigenvalue weighted by Crippen LogP contribution is -1.97. The standard InChI is InChI=1S/C47H29N3/c1-3-15-31(16-4-1)41-29-42(32-17-5-2-6-18-32)50-47(49-41)34-20-13-19-33(28-34)46-45-39-25-12-10-23-37(39)36-22-9-11-24-38(36)44(45)43-35-21-8-7-14-30(35)26-27-40(43)48-46/h1-29H. The average Bonchev–Trinajstić information content (AvgIpc) is 3.21. The molecule has 0 spiro atoms. The fourth-order valence-corrected chi connectivity index (χ4v) is 7.54. The first-order valence-electron chi connectivity index (χ1n) is 17.0. The van der Waals surface area contributed by atoms with Crippen molar-refractivity contribution in [3.8, 4) is 45.2 Å². The van der Waals surface area contributed by atoms with E-state index in [0.717, 1.165) is 50.2 Å². The summed E-state index contributed by atoms with van der Waals surface area (Å²) in [6.07, 6.45) is 0. The van der Waals surface area contributed by atoms with Crippen LogP contribution in [0.5, 0.6) is 0 Å². The van der Waals surface area contributed by atoms with E-state index in [0.29, 0.717) is 5.82 Å².